The Morgan fingerprint density at radius 1 is 1.30 bits per heavy atom. The summed E-state index contributed by atoms with van der Waals surface area (Å²) in [7, 11) is 0. The van der Waals surface area contributed by atoms with Gasteiger partial charge < -0.3 is 5.11 Å². The van der Waals surface area contributed by atoms with E-state index in [2.05, 4.69) is 32.0 Å². The summed E-state index contributed by atoms with van der Waals surface area (Å²) in [6.45, 7) is 5.39. The number of hydrogen-bond donors (Lipinski definition) is 1. The lowest BCUT2D eigenvalue weighted by Crippen LogP contribution is -2.30. The average Bonchev–Trinajstić information content (AvgIpc) is 2.37. The van der Waals surface area contributed by atoms with Crippen molar-refractivity contribution in [2.45, 2.75) is 33.2 Å². The van der Waals surface area contributed by atoms with E-state index in [1.54, 1.807) is 4.90 Å². The average molecular weight is 274 g/mol. The van der Waals surface area contributed by atoms with Gasteiger partial charge in [-0.15, -0.1) is 0 Å². The zero-order valence-corrected chi connectivity index (χ0v) is 12.2. The number of carboxylic acid groups (broad SMARTS) is 1. The number of nitriles is 1. The number of aliphatic carboxylic acids is 1. The summed E-state index contributed by atoms with van der Waals surface area (Å²) < 4.78 is 0. The number of rotatable bonds is 8. The van der Waals surface area contributed by atoms with Crippen molar-refractivity contribution in [3.63, 3.8) is 0 Å². The molecule has 0 aliphatic rings. The molecule has 1 aromatic carbocycles. The van der Waals surface area contributed by atoms with Gasteiger partial charge in [0.1, 0.15) is 0 Å². The molecule has 0 saturated heterocycles. The molecule has 0 fully saturated rings. The lowest BCUT2D eigenvalue weighted by atomic mass is 10.0. The van der Waals surface area contributed by atoms with Crippen molar-refractivity contribution < 1.29 is 9.90 Å². The molecule has 4 nitrogen and oxygen atoms in total. The zero-order valence-electron chi connectivity index (χ0n) is 12.2. The van der Waals surface area contributed by atoms with Crippen LogP contribution in [0.4, 0.5) is 0 Å². The normalized spacial score (nSPS) is 10.8. The maximum Gasteiger partial charge on any atom is 0.317 e. The molecule has 0 atom stereocenters. The monoisotopic (exact) mass is 274 g/mol. The highest BCUT2D eigenvalue weighted by molar-refractivity contribution is 5.69. The van der Waals surface area contributed by atoms with E-state index in [0.717, 1.165) is 12.0 Å². The molecule has 0 saturated carbocycles. The van der Waals surface area contributed by atoms with E-state index in [4.69, 9.17) is 10.4 Å². The Morgan fingerprint density at radius 2 is 1.90 bits per heavy atom. The Balaban J connectivity index is 2.63. The first-order valence-electron chi connectivity index (χ1n) is 6.90. The van der Waals surface area contributed by atoms with Crippen molar-refractivity contribution in [3.05, 3.63) is 35.4 Å². The fourth-order valence-electron chi connectivity index (χ4n) is 2.12. The number of nitrogens with zero attached hydrogens (tertiary/aromatic N) is 2. The molecule has 0 aliphatic carbocycles. The van der Waals surface area contributed by atoms with Gasteiger partial charge >= 0.3 is 5.97 Å². The van der Waals surface area contributed by atoms with Crippen LogP contribution in [0.15, 0.2) is 24.3 Å². The lowest BCUT2D eigenvalue weighted by Gasteiger charge is -2.19. The van der Waals surface area contributed by atoms with Gasteiger partial charge in [-0.1, -0.05) is 38.1 Å². The standard InChI is InChI=1S/C16H22N2O2/c1-13(2)10-14-4-6-15(7-5-14)11-18(9-3-8-17)12-16(19)20/h4-7,13H,3,9-12H2,1-2H3,(H,19,20). The van der Waals surface area contributed by atoms with Crippen LogP contribution in [0, 0.1) is 17.2 Å². The Bertz CT molecular complexity index is 460. The van der Waals surface area contributed by atoms with Crippen molar-refractivity contribution in [2.75, 3.05) is 13.1 Å². The smallest absolute Gasteiger partial charge is 0.317 e. The molecule has 108 valence electrons. The first kappa shape index (κ1) is 16.2. The molecular formula is C16H22N2O2. The predicted octanol–water partition coefficient (Wildman–Crippen LogP) is 2.69. The summed E-state index contributed by atoms with van der Waals surface area (Å²) >= 11 is 0. The molecule has 20 heavy (non-hydrogen) atoms. The van der Waals surface area contributed by atoms with Crippen LogP contribution >= 0.6 is 0 Å². The third-order valence-electron chi connectivity index (χ3n) is 2.97. The van der Waals surface area contributed by atoms with Crippen molar-refractivity contribution >= 4 is 5.97 Å². The van der Waals surface area contributed by atoms with Crippen molar-refractivity contribution in [1.82, 2.24) is 4.90 Å². The minimum atomic E-state index is -0.862. The summed E-state index contributed by atoms with van der Waals surface area (Å²) in [5.41, 5.74) is 2.38. The quantitative estimate of drug-likeness (QED) is 0.791. The van der Waals surface area contributed by atoms with E-state index in [0.29, 0.717) is 25.4 Å². The second-order valence-electron chi connectivity index (χ2n) is 5.43. The van der Waals surface area contributed by atoms with Gasteiger partial charge in [0, 0.05) is 19.5 Å². The van der Waals surface area contributed by atoms with Crippen LogP contribution < -0.4 is 0 Å². The zero-order chi connectivity index (χ0) is 15.0. The number of hydrogen-bond acceptors (Lipinski definition) is 3. The largest absolute Gasteiger partial charge is 0.480 e. The van der Waals surface area contributed by atoms with Crippen LogP contribution in [0.25, 0.3) is 0 Å². The Hall–Kier alpha value is -1.86. The maximum atomic E-state index is 10.8. The fraction of sp³-hybridized carbons (Fsp3) is 0.500. The van der Waals surface area contributed by atoms with Crippen LogP contribution in [0.2, 0.25) is 0 Å². The van der Waals surface area contributed by atoms with Crippen LogP contribution in [-0.4, -0.2) is 29.1 Å². The van der Waals surface area contributed by atoms with E-state index < -0.39 is 5.97 Å². The molecule has 0 heterocycles. The number of carbonyl (C=O) groups is 1. The van der Waals surface area contributed by atoms with Gasteiger partial charge in [-0.3, -0.25) is 9.69 Å². The number of benzene rings is 1. The SMILES string of the molecule is CC(C)Cc1ccc(CN(CCC#N)CC(=O)O)cc1. The molecule has 4 heteroatoms. The van der Waals surface area contributed by atoms with Gasteiger partial charge in [0.05, 0.1) is 12.6 Å². The Labute approximate surface area is 120 Å². The third kappa shape index (κ3) is 6.35. The predicted molar refractivity (Wildman–Crippen MR) is 78.1 cm³/mol. The molecule has 0 aromatic heterocycles. The van der Waals surface area contributed by atoms with Gasteiger partial charge in [-0.2, -0.15) is 5.26 Å². The molecule has 1 aromatic rings. The van der Waals surface area contributed by atoms with Crippen molar-refractivity contribution in [1.29, 1.82) is 5.26 Å². The summed E-state index contributed by atoms with van der Waals surface area (Å²) in [5, 5.41) is 17.5. The maximum absolute atomic E-state index is 10.8. The highest BCUT2D eigenvalue weighted by Gasteiger charge is 2.10. The Morgan fingerprint density at radius 3 is 2.40 bits per heavy atom. The molecule has 0 radical (unpaired) electrons. The minimum Gasteiger partial charge on any atom is -0.480 e. The van der Waals surface area contributed by atoms with Crippen LogP contribution in [0.3, 0.4) is 0 Å². The van der Waals surface area contributed by atoms with Gasteiger partial charge in [0.2, 0.25) is 0 Å². The molecule has 0 amide bonds. The van der Waals surface area contributed by atoms with E-state index in [9.17, 15) is 4.79 Å². The Kier molecular flexibility index (Phi) is 6.75. The minimum absolute atomic E-state index is 0.0323. The molecule has 0 bridgehead atoms. The first-order chi connectivity index (χ1) is 9.51. The van der Waals surface area contributed by atoms with E-state index in [1.807, 2.05) is 12.1 Å². The molecule has 1 rings (SSSR count). The second kappa shape index (κ2) is 8.34. The lowest BCUT2D eigenvalue weighted by molar-refractivity contribution is -0.138. The molecule has 0 unspecified atom stereocenters. The first-order valence-corrected chi connectivity index (χ1v) is 6.90. The number of carboxylic acids is 1. The van der Waals surface area contributed by atoms with Gasteiger partial charge in [0.25, 0.3) is 0 Å². The topological polar surface area (TPSA) is 64.3 Å². The van der Waals surface area contributed by atoms with Gasteiger partial charge in [0.15, 0.2) is 0 Å². The fourth-order valence-corrected chi connectivity index (χ4v) is 2.12. The van der Waals surface area contributed by atoms with Crippen molar-refractivity contribution in [3.8, 4) is 6.07 Å². The van der Waals surface area contributed by atoms with Gasteiger partial charge in [-0.05, 0) is 23.5 Å². The van der Waals surface area contributed by atoms with E-state index in [1.165, 1.54) is 5.56 Å². The van der Waals surface area contributed by atoms with Crippen LogP contribution in [-0.2, 0) is 17.8 Å². The summed E-state index contributed by atoms with van der Waals surface area (Å²) in [5.74, 6) is -0.237. The van der Waals surface area contributed by atoms with Crippen LogP contribution in [0.1, 0.15) is 31.4 Å². The second-order valence-corrected chi connectivity index (χ2v) is 5.43. The van der Waals surface area contributed by atoms with Crippen LogP contribution in [0.5, 0.6) is 0 Å². The summed E-state index contributed by atoms with van der Waals surface area (Å²) in [4.78, 5) is 12.6. The van der Waals surface area contributed by atoms with Gasteiger partial charge in [-0.25, -0.2) is 0 Å². The van der Waals surface area contributed by atoms with E-state index >= 15 is 0 Å². The molecule has 0 aliphatic heterocycles. The summed E-state index contributed by atoms with van der Waals surface area (Å²) in [6.07, 6.45) is 1.40. The van der Waals surface area contributed by atoms with E-state index in [-0.39, 0.29) is 6.54 Å². The van der Waals surface area contributed by atoms with Crippen molar-refractivity contribution in [2.24, 2.45) is 5.92 Å². The highest BCUT2D eigenvalue weighted by Crippen LogP contribution is 2.11. The third-order valence-corrected chi connectivity index (χ3v) is 2.97. The molecular weight excluding hydrogens is 252 g/mol. The molecule has 0 spiro atoms. The molecule has 1 N–H and O–H groups in total. The highest BCUT2D eigenvalue weighted by atomic mass is 16.4. The summed E-state index contributed by atoms with van der Waals surface area (Å²) in [6, 6.07) is 10.3.